The van der Waals surface area contributed by atoms with E-state index in [9.17, 15) is 0 Å². The Kier molecular flexibility index (Phi) is 1.71. The Balaban J connectivity index is 2.53. The molecule has 1 aliphatic heterocycles. The van der Waals surface area contributed by atoms with Crippen LogP contribution in [0, 0.1) is 0 Å². The van der Waals surface area contributed by atoms with E-state index in [1.54, 1.807) is 0 Å². The van der Waals surface area contributed by atoms with Crippen LogP contribution in [0.2, 0.25) is 0 Å². The molecule has 9 heavy (non-hydrogen) atoms. The Morgan fingerprint density at radius 3 is 2.67 bits per heavy atom. The molecule has 52 valence electrons. The van der Waals surface area contributed by atoms with Crippen molar-refractivity contribution in [2.45, 2.75) is 25.9 Å². The van der Waals surface area contributed by atoms with Crippen LogP contribution in [0.3, 0.4) is 0 Å². The summed E-state index contributed by atoms with van der Waals surface area (Å²) >= 11 is 0. The second-order valence-electron chi connectivity index (χ2n) is 2.40. The largest absolute Gasteiger partial charge is 0.394 e. The van der Waals surface area contributed by atoms with Gasteiger partial charge in [-0.2, -0.15) is 0 Å². The summed E-state index contributed by atoms with van der Waals surface area (Å²) in [5, 5.41) is 11.8. The molecule has 0 fully saturated rings. The van der Waals surface area contributed by atoms with Crippen molar-refractivity contribution < 1.29 is 5.11 Å². The van der Waals surface area contributed by atoms with Crippen LogP contribution < -0.4 is 5.32 Å². The van der Waals surface area contributed by atoms with Crippen molar-refractivity contribution >= 4 is 5.84 Å². The quantitative estimate of drug-likeness (QED) is 0.512. The fourth-order valence-corrected chi connectivity index (χ4v) is 1.02. The fourth-order valence-electron chi connectivity index (χ4n) is 1.02. The molecule has 0 unspecified atom stereocenters. The summed E-state index contributed by atoms with van der Waals surface area (Å²) in [4.78, 5) is 4.14. The highest BCUT2D eigenvalue weighted by Crippen LogP contribution is 2.04. The van der Waals surface area contributed by atoms with Crippen LogP contribution in [0.5, 0.6) is 0 Å². The molecule has 3 nitrogen and oxygen atoms in total. The van der Waals surface area contributed by atoms with Gasteiger partial charge in [-0.1, -0.05) is 0 Å². The molecule has 0 radical (unpaired) electrons. The minimum absolute atomic E-state index is 0.0741. The molecule has 3 heteroatoms. The molecule has 0 aromatic rings. The maximum atomic E-state index is 8.71. The van der Waals surface area contributed by atoms with Crippen LogP contribution in [0.25, 0.3) is 0 Å². The normalized spacial score (nSPS) is 33.9. The summed E-state index contributed by atoms with van der Waals surface area (Å²) in [5.41, 5.74) is 0. The molecule has 0 bridgehead atoms. The fraction of sp³-hybridized carbons (Fsp3) is 0.833. The number of aliphatic hydroxyl groups excluding tert-OH is 1. The summed E-state index contributed by atoms with van der Waals surface area (Å²) in [5.74, 6) is 0.932. The van der Waals surface area contributed by atoms with Gasteiger partial charge in [-0.3, -0.25) is 4.99 Å². The van der Waals surface area contributed by atoms with Gasteiger partial charge in [-0.25, -0.2) is 0 Å². The van der Waals surface area contributed by atoms with Gasteiger partial charge in [0.25, 0.3) is 0 Å². The monoisotopic (exact) mass is 128 g/mol. The number of nitrogens with one attached hydrogen (secondary N) is 1. The maximum absolute atomic E-state index is 8.71. The Morgan fingerprint density at radius 1 is 1.78 bits per heavy atom. The number of hydrogen-bond donors (Lipinski definition) is 2. The standard InChI is InChI=1S/C6H12N2O/c1-4-6(3-9)8-5(2)7-4/h4,6,9H,3H2,1-2H3,(H,7,8)/t4-,6-/m1/s1. The van der Waals surface area contributed by atoms with Crippen LogP contribution in [0.4, 0.5) is 0 Å². The lowest BCUT2D eigenvalue weighted by Crippen LogP contribution is -2.32. The summed E-state index contributed by atoms with van der Waals surface area (Å²) < 4.78 is 0. The number of aliphatic imine (C=N–C) groups is 1. The predicted octanol–water partition coefficient (Wildman–Crippen LogP) is -0.243. The average Bonchev–Trinajstić information content (AvgIpc) is 2.10. The Bertz CT molecular complexity index is 133. The zero-order chi connectivity index (χ0) is 6.85. The van der Waals surface area contributed by atoms with E-state index in [4.69, 9.17) is 5.11 Å². The highest BCUT2D eigenvalue weighted by molar-refractivity contribution is 5.81. The minimum atomic E-state index is 0.0741. The molecule has 2 N–H and O–H groups in total. The van der Waals surface area contributed by atoms with E-state index in [0.717, 1.165) is 5.84 Å². The van der Waals surface area contributed by atoms with Gasteiger partial charge in [-0.05, 0) is 13.8 Å². The average molecular weight is 128 g/mol. The smallest absolute Gasteiger partial charge is 0.0948 e. The highest BCUT2D eigenvalue weighted by atomic mass is 16.3. The first kappa shape index (κ1) is 6.55. The molecule has 0 saturated heterocycles. The van der Waals surface area contributed by atoms with Gasteiger partial charge in [-0.15, -0.1) is 0 Å². The predicted molar refractivity (Wildman–Crippen MR) is 36.6 cm³/mol. The van der Waals surface area contributed by atoms with E-state index >= 15 is 0 Å². The first-order valence-corrected chi connectivity index (χ1v) is 3.16. The zero-order valence-corrected chi connectivity index (χ0v) is 5.76. The van der Waals surface area contributed by atoms with Crippen molar-refractivity contribution in [1.29, 1.82) is 0 Å². The van der Waals surface area contributed by atoms with E-state index in [-0.39, 0.29) is 12.6 Å². The number of amidine groups is 1. The molecule has 0 spiro atoms. The molecule has 0 saturated carbocycles. The zero-order valence-electron chi connectivity index (χ0n) is 5.76. The topological polar surface area (TPSA) is 44.6 Å². The van der Waals surface area contributed by atoms with Crippen molar-refractivity contribution in [3.63, 3.8) is 0 Å². The highest BCUT2D eigenvalue weighted by Gasteiger charge is 2.20. The summed E-state index contributed by atoms with van der Waals surface area (Å²) in [6.07, 6.45) is 0. The van der Waals surface area contributed by atoms with E-state index in [1.807, 2.05) is 13.8 Å². The molecule has 0 aromatic heterocycles. The lowest BCUT2D eigenvalue weighted by molar-refractivity contribution is 0.256. The van der Waals surface area contributed by atoms with Crippen molar-refractivity contribution in [2.75, 3.05) is 6.61 Å². The Hall–Kier alpha value is -0.570. The molecule has 0 aliphatic carbocycles. The minimum Gasteiger partial charge on any atom is -0.394 e. The van der Waals surface area contributed by atoms with E-state index in [0.29, 0.717) is 6.04 Å². The summed E-state index contributed by atoms with van der Waals surface area (Å²) in [6.45, 7) is 4.07. The molecule has 2 atom stereocenters. The third kappa shape index (κ3) is 1.21. The molecule has 0 aromatic carbocycles. The van der Waals surface area contributed by atoms with Crippen molar-refractivity contribution in [2.24, 2.45) is 4.99 Å². The van der Waals surface area contributed by atoms with Crippen LogP contribution >= 0.6 is 0 Å². The lowest BCUT2D eigenvalue weighted by Gasteiger charge is -2.08. The van der Waals surface area contributed by atoms with Gasteiger partial charge in [0.1, 0.15) is 0 Å². The second-order valence-corrected chi connectivity index (χ2v) is 2.40. The van der Waals surface area contributed by atoms with Crippen LogP contribution in [0.15, 0.2) is 4.99 Å². The van der Waals surface area contributed by atoms with Gasteiger partial charge in [0.15, 0.2) is 0 Å². The number of rotatable bonds is 1. The number of hydrogen-bond acceptors (Lipinski definition) is 3. The number of aliphatic hydroxyl groups is 1. The summed E-state index contributed by atoms with van der Waals surface area (Å²) in [6, 6.07) is 0.375. The van der Waals surface area contributed by atoms with Crippen LogP contribution in [-0.2, 0) is 0 Å². The van der Waals surface area contributed by atoms with Gasteiger partial charge >= 0.3 is 0 Å². The van der Waals surface area contributed by atoms with E-state index in [1.165, 1.54) is 0 Å². The molecule has 1 heterocycles. The molecule has 1 aliphatic rings. The number of nitrogens with zero attached hydrogens (tertiary/aromatic N) is 1. The van der Waals surface area contributed by atoms with Crippen molar-refractivity contribution in [3.8, 4) is 0 Å². The van der Waals surface area contributed by atoms with Gasteiger partial charge < -0.3 is 10.4 Å². The second kappa shape index (κ2) is 2.35. The Labute approximate surface area is 54.8 Å². The Morgan fingerprint density at radius 2 is 2.44 bits per heavy atom. The molecular weight excluding hydrogens is 116 g/mol. The summed E-state index contributed by atoms with van der Waals surface area (Å²) in [7, 11) is 0. The van der Waals surface area contributed by atoms with E-state index < -0.39 is 0 Å². The third-order valence-electron chi connectivity index (χ3n) is 1.56. The molecule has 1 rings (SSSR count). The van der Waals surface area contributed by atoms with Gasteiger partial charge in [0.05, 0.1) is 18.5 Å². The molecular formula is C6H12N2O. The van der Waals surface area contributed by atoms with E-state index in [2.05, 4.69) is 10.3 Å². The maximum Gasteiger partial charge on any atom is 0.0948 e. The van der Waals surface area contributed by atoms with Crippen LogP contribution in [0.1, 0.15) is 13.8 Å². The van der Waals surface area contributed by atoms with Crippen molar-refractivity contribution in [1.82, 2.24) is 5.32 Å². The van der Waals surface area contributed by atoms with Gasteiger partial charge in [0, 0.05) is 6.04 Å². The lowest BCUT2D eigenvalue weighted by atomic mass is 10.2. The van der Waals surface area contributed by atoms with Crippen LogP contribution in [-0.4, -0.2) is 29.6 Å². The molecule has 0 amide bonds. The van der Waals surface area contributed by atoms with Gasteiger partial charge in [0.2, 0.25) is 0 Å². The van der Waals surface area contributed by atoms with Crippen molar-refractivity contribution in [3.05, 3.63) is 0 Å². The first-order chi connectivity index (χ1) is 4.24. The third-order valence-corrected chi connectivity index (χ3v) is 1.56. The first-order valence-electron chi connectivity index (χ1n) is 3.16. The SMILES string of the molecule is CC1=N[C@H](CO)[C@@H](C)N1.